The molecular formula is C28H28N2O4. The Balaban J connectivity index is 1.81. The normalized spacial score (nSPS) is 10.9. The minimum absolute atomic E-state index is 0.0462. The second-order valence-corrected chi connectivity index (χ2v) is 7.69. The van der Waals surface area contributed by atoms with E-state index in [1.54, 1.807) is 49.6 Å². The molecule has 0 radical (unpaired) electrons. The number of rotatable bonds is 9. The van der Waals surface area contributed by atoms with E-state index in [4.69, 9.17) is 14.2 Å². The first-order valence-electron chi connectivity index (χ1n) is 11.0. The fourth-order valence-corrected chi connectivity index (χ4v) is 3.24. The first-order valence-corrected chi connectivity index (χ1v) is 11.0. The Morgan fingerprint density at radius 1 is 0.971 bits per heavy atom. The van der Waals surface area contributed by atoms with Crippen molar-refractivity contribution in [2.45, 2.75) is 27.4 Å². The third kappa shape index (κ3) is 6.39. The second-order valence-electron chi connectivity index (χ2n) is 7.69. The monoisotopic (exact) mass is 456 g/mol. The van der Waals surface area contributed by atoms with Crippen LogP contribution in [0.15, 0.2) is 66.2 Å². The maximum Gasteiger partial charge on any atom is 0.266 e. The average molecular weight is 457 g/mol. The zero-order chi connectivity index (χ0) is 24.5. The topological polar surface area (TPSA) is 80.6 Å². The maximum absolute atomic E-state index is 12.7. The standard InChI is InChI=1S/C28H28N2O4/c1-5-33-25-12-9-24(10-13-25)30-28(31)23(17-29)15-22-8-11-26(32-4)16-27(22)34-18-21-7-6-19(2)20(3)14-21/h6-16H,5,18H2,1-4H3,(H,30,31)/b23-15+. The predicted molar refractivity (Wildman–Crippen MR) is 133 cm³/mol. The Morgan fingerprint density at radius 3 is 2.35 bits per heavy atom. The molecule has 1 amide bonds. The van der Waals surface area contributed by atoms with Gasteiger partial charge >= 0.3 is 0 Å². The van der Waals surface area contributed by atoms with Crippen molar-refractivity contribution in [1.82, 2.24) is 0 Å². The molecule has 6 nitrogen and oxygen atoms in total. The zero-order valence-corrected chi connectivity index (χ0v) is 19.8. The smallest absolute Gasteiger partial charge is 0.266 e. The lowest BCUT2D eigenvalue weighted by atomic mass is 10.1. The quantitative estimate of drug-likeness (QED) is 0.323. The highest BCUT2D eigenvalue weighted by atomic mass is 16.5. The third-order valence-electron chi connectivity index (χ3n) is 5.27. The summed E-state index contributed by atoms with van der Waals surface area (Å²) in [6.45, 7) is 6.92. The van der Waals surface area contributed by atoms with Gasteiger partial charge in [-0.25, -0.2) is 0 Å². The molecule has 1 N–H and O–H groups in total. The summed E-state index contributed by atoms with van der Waals surface area (Å²) in [5.74, 6) is 1.33. The van der Waals surface area contributed by atoms with Gasteiger partial charge in [-0.15, -0.1) is 0 Å². The van der Waals surface area contributed by atoms with Gasteiger partial charge in [0, 0.05) is 17.3 Å². The third-order valence-corrected chi connectivity index (χ3v) is 5.27. The number of carbonyl (C=O) groups excluding carboxylic acids is 1. The number of aryl methyl sites for hydroxylation is 2. The molecule has 6 heteroatoms. The van der Waals surface area contributed by atoms with E-state index in [1.165, 1.54) is 17.2 Å². The largest absolute Gasteiger partial charge is 0.497 e. The molecule has 0 aliphatic carbocycles. The summed E-state index contributed by atoms with van der Waals surface area (Å²) < 4.78 is 16.8. The highest BCUT2D eigenvalue weighted by molar-refractivity contribution is 6.09. The molecule has 34 heavy (non-hydrogen) atoms. The second kappa shape index (κ2) is 11.6. The van der Waals surface area contributed by atoms with E-state index in [2.05, 4.69) is 31.3 Å². The molecule has 3 aromatic carbocycles. The van der Waals surface area contributed by atoms with Crippen LogP contribution in [0, 0.1) is 25.2 Å². The van der Waals surface area contributed by atoms with Crippen molar-refractivity contribution in [2.24, 2.45) is 0 Å². The Labute approximate surface area is 200 Å². The molecule has 0 unspecified atom stereocenters. The van der Waals surface area contributed by atoms with E-state index < -0.39 is 5.91 Å². The van der Waals surface area contributed by atoms with Crippen molar-refractivity contribution in [1.29, 1.82) is 5.26 Å². The van der Waals surface area contributed by atoms with E-state index in [1.807, 2.05) is 19.1 Å². The molecule has 0 saturated heterocycles. The minimum atomic E-state index is -0.511. The molecule has 0 atom stereocenters. The highest BCUT2D eigenvalue weighted by Gasteiger charge is 2.13. The Bertz CT molecular complexity index is 1220. The lowest BCUT2D eigenvalue weighted by Gasteiger charge is -2.13. The van der Waals surface area contributed by atoms with Gasteiger partial charge in [0.25, 0.3) is 5.91 Å². The van der Waals surface area contributed by atoms with Gasteiger partial charge in [-0.05, 0) is 79.9 Å². The van der Waals surface area contributed by atoms with E-state index in [0.717, 1.165) is 5.56 Å². The molecule has 3 aromatic rings. The van der Waals surface area contributed by atoms with Gasteiger partial charge in [-0.1, -0.05) is 18.2 Å². The molecule has 0 saturated carbocycles. The van der Waals surface area contributed by atoms with E-state index in [-0.39, 0.29) is 5.57 Å². The van der Waals surface area contributed by atoms with Gasteiger partial charge in [0.05, 0.1) is 13.7 Å². The molecule has 0 aliphatic heterocycles. The van der Waals surface area contributed by atoms with E-state index in [9.17, 15) is 10.1 Å². The number of carbonyl (C=O) groups is 1. The van der Waals surface area contributed by atoms with Crippen LogP contribution in [0.4, 0.5) is 5.69 Å². The number of nitriles is 1. The van der Waals surface area contributed by atoms with Gasteiger partial charge in [-0.2, -0.15) is 5.26 Å². The molecule has 0 aromatic heterocycles. The Kier molecular flexibility index (Phi) is 8.31. The number of benzene rings is 3. The van der Waals surface area contributed by atoms with Crippen LogP contribution in [0.2, 0.25) is 0 Å². The molecule has 0 bridgehead atoms. The van der Waals surface area contributed by atoms with Crippen LogP contribution >= 0.6 is 0 Å². The number of amides is 1. The first kappa shape index (κ1) is 24.4. The molecule has 0 aliphatic rings. The number of hydrogen-bond donors (Lipinski definition) is 1. The number of anilines is 1. The van der Waals surface area contributed by atoms with Gasteiger partial charge < -0.3 is 19.5 Å². The van der Waals surface area contributed by atoms with Gasteiger partial charge in [0.2, 0.25) is 0 Å². The van der Waals surface area contributed by atoms with Crippen LogP contribution in [0.5, 0.6) is 17.2 Å². The van der Waals surface area contributed by atoms with Crippen LogP contribution in [0.25, 0.3) is 6.08 Å². The number of nitrogens with zero attached hydrogens (tertiary/aromatic N) is 1. The molecule has 3 rings (SSSR count). The summed E-state index contributed by atoms with van der Waals surface area (Å²) in [7, 11) is 1.57. The Hall–Kier alpha value is -4.24. The summed E-state index contributed by atoms with van der Waals surface area (Å²) in [4.78, 5) is 12.7. The molecule has 0 spiro atoms. The van der Waals surface area contributed by atoms with Crippen LogP contribution < -0.4 is 19.5 Å². The Morgan fingerprint density at radius 2 is 1.71 bits per heavy atom. The van der Waals surface area contributed by atoms with Crippen molar-refractivity contribution < 1.29 is 19.0 Å². The highest BCUT2D eigenvalue weighted by Crippen LogP contribution is 2.28. The van der Waals surface area contributed by atoms with Crippen molar-refractivity contribution in [3.63, 3.8) is 0 Å². The van der Waals surface area contributed by atoms with E-state index >= 15 is 0 Å². The zero-order valence-electron chi connectivity index (χ0n) is 19.8. The fourth-order valence-electron chi connectivity index (χ4n) is 3.24. The summed E-state index contributed by atoms with van der Waals surface area (Å²) in [5, 5.41) is 12.4. The first-order chi connectivity index (χ1) is 16.4. The van der Waals surface area contributed by atoms with Crippen molar-refractivity contribution in [3.8, 4) is 23.3 Å². The summed E-state index contributed by atoms with van der Waals surface area (Å²) in [5.41, 5.74) is 4.54. The maximum atomic E-state index is 12.7. The number of hydrogen-bond acceptors (Lipinski definition) is 5. The van der Waals surface area contributed by atoms with Crippen molar-refractivity contribution in [3.05, 3.63) is 88.5 Å². The van der Waals surface area contributed by atoms with Crippen molar-refractivity contribution >= 4 is 17.7 Å². The van der Waals surface area contributed by atoms with Gasteiger partial charge in [0.15, 0.2) is 0 Å². The minimum Gasteiger partial charge on any atom is -0.497 e. The molecule has 174 valence electrons. The summed E-state index contributed by atoms with van der Waals surface area (Å²) in [6.07, 6.45) is 1.51. The lowest BCUT2D eigenvalue weighted by Crippen LogP contribution is -2.13. The summed E-state index contributed by atoms with van der Waals surface area (Å²) in [6, 6.07) is 20.4. The van der Waals surface area contributed by atoms with Crippen LogP contribution in [0.3, 0.4) is 0 Å². The van der Waals surface area contributed by atoms with E-state index in [0.29, 0.717) is 41.7 Å². The van der Waals surface area contributed by atoms with Crippen LogP contribution in [-0.2, 0) is 11.4 Å². The van der Waals surface area contributed by atoms with Gasteiger partial charge in [0.1, 0.15) is 35.5 Å². The molecule has 0 fully saturated rings. The predicted octanol–water partition coefficient (Wildman–Crippen LogP) is 5.84. The molecular weight excluding hydrogens is 428 g/mol. The van der Waals surface area contributed by atoms with Gasteiger partial charge in [-0.3, -0.25) is 4.79 Å². The number of ether oxygens (including phenoxy) is 3. The van der Waals surface area contributed by atoms with Crippen molar-refractivity contribution in [2.75, 3.05) is 19.0 Å². The molecule has 0 heterocycles. The van der Waals surface area contributed by atoms with Crippen LogP contribution in [-0.4, -0.2) is 19.6 Å². The van der Waals surface area contributed by atoms with Crippen LogP contribution in [0.1, 0.15) is 29.2 Å². The fraction of sp³-hybridized carbons (Fsp3) is 0.214. The summed E-state index contributed by atoms with van der Waals surface area (Å²) >= 11 is 0. The number of nitrogens with one attached hydrogen (secondary N) is 1. The average Bonchev–Trinajstić information content (AvgIpc) is 2.84. The SMILES string of the molecule is CCOc1ccc(NC(=O)/C(C#N)=C/c2ccc(OC)cc2OCc2ccc(C)c(C)c2)cc1. The lowest BCUT2D eigenvalue weighted by molar-refractivity contribution is -0.112. The number of methoxy groups -OCH3 is 1.